The molecule has 1 aromatic heterocycles. The van der Waals surface area contributed by atoms with Gasteiger partial charge in [-0.25, -0.2) is 9.67 Å². The van der Waals surface area contributed by atoms with Crippen LogP contribution in [0.5, 0.6) is 0 Å². The number of fused-ring (bicyclic) bond motifs is 1. The average Bonchev–Trinajstić information content (AvgIpc) is 2.93. The van der Waals surface area contributed by atoms with Crippen LogP contribution in [0.2, 0.25) is 0 Å². The van der Waals surface area contributed by atoms with Gasteiger partial charge in [-0.3, -0.25) is 0 Å². The fourth-order valence-corrected chi connectivity index (χ4v) is 2.65. The largest absolute Gasteiger partial charge is 0.312 e. The standard InChI is InChI=1S/C15H20N4/c1-12(13-5-3-2-4-6-13)9-16-14-7-8-15-17-11-18-19(15)10-14/h2-6,11-12,14,16H,7-10H2,1H3/t12-,14+/m1/s1. The molecule has 2 atom stereocenters. The highest BCUT2D eigenvalue weighted by Gasteiger charge is 2.19. The predicted molar refractivity (Wildman–Crippen MR) is 75.0 cm³/mol. The molecule has 100 valence electrons. The number of hydrogen-bond acceptors (Lipinski definition) is 3. The molecule has 19 heavy (non-hydrogen) atoms. The van der Waals surface area contributed by atoms with Crippen LogP contribution in [0.1, 0.15) is 30.7 Å². The Morgan fingerprint density at radius 2 is 2.21 bits per heavy atom. The summed E-state index contributed by atoms with van der Waals surface area (Å²) in [6, 6.07) is 11.2. The topological polar surface area (TPSA) is 42.7 Å². The van der Waals surface area contributed by atoms with E-state index in [4.69, 9.17) is 0 Å². The van der Waals surface area contributed by atoms with Crippen molar-refractivity contribution in [3.8, 4) is 0 Å². The van der Waals surface area contributed by atoms with E-state index in [2.05, 4.69) is 52.7 Å². The first-order valence-corrected chi connectivity index (χ1v) is 6.98. The molecule has 1 aliphatic heterocycles. The smallest absolute Gasteiger partial charge is 0.138 e. The van der Waals surface area contributed by atoms with Crippen molar-refractivity contribution in [3.63, 3.8) is 0 Å². The lowest BCUT2D eigenvalue weighted by Gasteiger charge is -2.25. The first kappa shape index (κ1) is 12.4. The minimum Gasteiger partial charge on any atom is -0.312 e. The van der Waals surface area contributed by atoms with Gasteiger partial charge in [-0.05, 0) is 17.9 Å². The van der Waals surface area contributed by atoms with Crippen LogP contribution < -0.4 is 5.32 Å². The molecule has 0 saturated carbocycles. The average molecular weight is 256 g/mol. The summed E-state index contributed by atoms with van der Waals surface area (Å²) in [6.07, 6.45) is 3.84. The van der Waals surface area contributed by atoms with E-state index in [0.717, 1.165) is 31.8 Å². The molecular weight excluding hydrogens is 236 g/mol. The molecule has 0 saturated heterocycles. The van der Waals surface area contributed by atoms with E-state index in [0.29, 0.717) is 12.0 Å². The molecule has 0 bridgehead atoms. The fraction of sp³-hybridized carbons (Fsp3) is 0.467. The summed E-state index contributed by atoms with van der Waals surface area (Å²) < 4.78 is 2.02. The maximum Gasteiger partial charge on any atom is 0.138 e. The minimum absolute atomic E-state index is 0.514. The highest BCUT2D eigenvalue weighted by Crippen LogP contribution is 2.15. The number of rotatable bonds is 4. The van der Waals surface area contributed by atoms with Crippen LogP contribution >= 0.6 is 0 Å². The van der Waals surface area contributed by atoms with Crippen LogP contribution in [0.15, 0.2) is 36.7 Å². The Kier molecular flexibility index (Phi) is 3.60. The van der Waals surface area contributed by atoms with Crippen molar-refractivity contribution in [1.82, 2.24) is 20.1 Å². The normalized spacial score (nSPS) is 19.9. The lowest BCUT2D eigenvalue weighted by atomic mass is 10.00. The molecular formula is C15H20N4. The van der Waals surface area contributed by atoms with Crippen LogP contribution in [0.25, 0.3) is 0 Å². The molecule has 4 nitrogen and oxygen atoms in total. The summed E-state index contributed by atoms with van der Waals surface area (Å²) in [5.41, 5.74) is 1.40. The Morgan fingerprint density at radius 3 is 3.05 bits per heavy atom. The van der Waals surface area contributed by atoms with Gasteiger partial charge in [0.05, 0.1) is 6.54 Å². The summed E-state index contributed by atoms with van der Waals surface area (Å²) in [4.78, 5) is 4.26. The van der Waals surface area contributed by atoms with E-state index in [1.165, 1.54) is 5.56 Å². The van der Waals surface area contributed by atoms with Gasteiger partial charge in [0.15, 0.2) is 0 Å². The molecule has 0 fully saturated rings. The van der Waals surface area contributed by atoms with E-state index in [1.54, 1.807) is 6.33 Å². The molecule has 0 aliphatic carbocycles. The Hall–Kier alpha value is -1.68. The third-order valence-electron chi connectivity index (χ3n) is 3.89. The number of benzene rings is 1. The van der Waals surface area contributed by atoms with Crippen molar-refractivity contribution in [1.29, 1.82) is 0 Å². The van der Waals surface area contributed by atoms with Gasteiger partial charge in [-0.2, -0.15) is 5.10 Å². The molecule has 0 radical (unpaired) electrons. The summed E-state index contributed by atoms with van der Waals surface area (Å²) in [5.74, 6) is 1.66. The quantitative estimate of drug-likeness (QED) is 0.909. The zero-order valence-electron chi connectivity index (χ0n) is 11.3. The monoisotopic (exact) mass is 256 g/mol. The van der Waals surface area contributed by atoms with Crippen molar-refractivity contribution in [3.05, 3.63) is 48.0 Å². The SMILES string of the molecule is C[C@H](CN[C@H]1CCc2ncnn2C1)c1ccccc1. The van der Waals surface area contributed by atoms with Gasteiger partial charge in [0.1, 0.15) is 12.2 Å². The van der Waals surface area contributed by atoms with Crippen LogP contribution in [0.3, 0.4) is 0 Å². The highest BCUT2D eigenvalue weighted by atomic mass is 15.3. The highest BCUT2D eigenvalue weighted by molar-refractivity contribution is 5.19. The second-order valence-electron chi connectivity index (χ2n) is 5.31. The molecule has 1 aromatic carbocycles. The lowest BCUT2D eigenvalue weighted by Crippen LogP contribution is -2.39. The lowest BCUT2D eigenvalue weighted by molar-refractivity contribution is 0.354. The molecule has 0 spiro atoms. The van der Waals surface area contributed by atoms with Crippen molar-refractivity contribution < 1.29 is 0 Å². The van der Waals surface area contributed by atoms with Crippen LogP contribution in [-0.4, -0.2) is 27.4 Å². The molecule has 4 heteroatoms. The van der Waals surface area contributed by atoms with Gasteiger partial charge in [0, 0.05) is 19.0 Å². The second kappa shape index (κ2) is 5.53. The third-order valence-corrected chi connectivity index (χ3v) is 3.89. The Morgan fingerprint density at radius 1 is 1.37 bits per heavy atom. The summed E-state index contributed by atoms with van der Waals surface area (Å²) in [7, 11) is 0. The predicted octanol–water partition coefficient (Wildman–Crippen LogP) is 1.99. The molecule has 3 rings (SSSR count). The van der Waals surface area contributed by atoms with Gasteiger partial charge in [0.2, 0.25) is 0 Å². The molecule has 2 aromatic rings. The van der Waals surface area contributed by atoms with Gasteiger partial charge >= 0.3 is 0 Å². The first-order chi connectivity index (χ1) is 9.33. The van der Waals surface area contributed by atoms with E-state index >= 15 is 0 Å². The van der Waals surface area contributed by atoms with Crippen molar-refractivity contribution >= 4 is 0 Å². The molecule has 0 amide bonds. The molecule has 1 aliphatic rings. The van der Waals surface area contributed by atoms with Crippen LogP contribution in [0.4, 0.5) is 0 Å². The minimum atomic E-state index is 0.514. The van der Waals surface area contributed by atoms with Crippen molar-refractivity contribution in [2.45, 2.75) is 38.3 Å². The van der Waals surface area contributed by atoms with Crippen molar-refractivity contribution in [2.75, 3.05) is 6.54 Å². The Balaban J connectivity index is 1.54. The van der Waals surface area contributed by atoms with Crippen molar-refractivity contribution in [2.24, 2.45) is 0 Å². The van der Waals surface area contributed by atoms with Crippen LogP contribution in [-0.2, 0) is 13.0 Å². The second-order valence-corrected chi connectivity index (χ2v) is 5.31. The summed E-state index contributed by atoms with van der Waals surface area (Å²) >= 11 is 0. The maximum atomic E-state index is 4.26. The van der Waals surface area contributed by atoms with Gasteiger partial charge in [-0.15, -0.1) is 0 Å². The van der Waals surface area contributed by atoms with Gasteiger partial charge < -0.3 is 5.32 Å². The Bertz CT molecular complexity index is 520. The maximum absolute atomic E-state index is 4.26. The third kappa shape index (κ3) is 2.84. The first-order valence-electron chi connectivity index (χ1n) is 6.98. The number of hydrogen-bond donors (Lipinski definition) is 1. The number of nitrogens with zero attached hydrogens (tertiary/aromatic N) is 3. The number of aromatic nitrogens is 3. The van der Waals surface area contributed by atoms with E-state index in [9.17, 15) is 0 Å². The fourth-order valence-electron chi connectivity index (χ4n) is 2.65. The summed E-state index contributed by atoms with van der Waals surface area (Å²) in [6.45, 7) is 4.22. The van der Waals surface area contributed by atoms with Gasteiger partial charge in [-0.1, -0.05) is 37.3 Å². The number of nitrogens with one attached hydrogen (secondary N) is 1. The van der Waals surface area contributed by atoms with E-state index in [-0.39, 0.29) is 0 Å². The van der Waals surface area contributed by atoms with Crippen LogP contribution in [0, 0.1) is 0 Å². The van der Waals surface area contributed by atoms with E-state index < -0.39 is 0 Å². The Labute approximate surface area is 113 Å². The molecule has 2 heterocycles. The van der Waals surface area contributed by atoms with Gasteiger partial charge in [0.25, 0.3) is 0 Å². The zero-order chi connectivity index (χ0) is 13.1. The zero-order valence-corrected chi connectivity index (χ0v) is 11.3. The summed E-state index contributed by atoms with van der Waals surface area (Å²) in [5, 5.41) is 7.92. The molecule has 1 N–H and O–H groups in total. The number of aryl methyl sites for hydroxylation is 1. The van der Waals surface area contributed by atoms with E-state index in [1.807, 2.05) is 4.68 Å². The molecule has 0 unspecified atom stereocenters.